The predicted molar refractivity (Wildman–Crippen MR) is 104 cm³/mol. The SMILES string of the molecule is CC(C)(C)OC(=O)N1CCOc2cccc(C(=O)OCc3ccccc3)c2C1. The van der Waals surface area contributed by atoms with Gasteiger partial charge in [0, 0.05) is 5.56 Å². The summed E-state index contributed by atoms with van der Waals surface area (Å²) in [6.07, 6.45) is -0.434. The van der Waals surface area contributed by atoms with Gasteiger partial charge in [-0.25, -0.2) is 9.59 Å². The maximum atomic E-state index is 12.7. The normalized spacial score (nSPS) is 13.8. The maximum Gasteiger partial charge on any atom is 0.410 e. The van der Waals surface area contributed by atoms with Crippen LogP contribution in [0.5, 0.6) is 5.75 Å². The molecule has 6 heteroatoms. The maximum absolute atomic E-state index is 12.7. The highest BCUT2D eigenvalue weighted by Gasteiger charge is 2.28. The molecule has 1 aliphatic heterocycles. The minimum Gasteiger partial charge on any atom is -0.491 e. The molecule has 0 spiro atoms. The monoisotopic (exact) mass is 383 g/mol. The van der Waals surface area contributed by atoms with Crippen molar-refractivity contribution in [1.29, 1.82) is 0 Å². The molecule has 28 heavy (non-hydrogen) atoms. The highest BCUT2D eigenvalue weighted by molar-refractivity contribution is 5.92. The first-order chi connectivity index (χ1) is 13.3. The van der Waals surface area contributed by atoms with Gasteiger partial charge in [0.25, 0.3) is 0 Å². The van der Waals surface area contributed by atoms with Crippen LogP contribution in [0.25, 0.3) is 0 Å². The Kier molecular flexibility index (Phi) is 5.87. The number of rotatable bonds is 3. The first-order valence-corrected chi connectivity index (χ1v) is 9.27. The Bertz CT molecular complexity index is 842. The average Bonchev–Trinajstić information content (AvgIpc) is 2.88. The summed E-state index contributed by atoms with van der Waals surface area (Å²) in [6, 6.07) is 14.7. The van der Waals surface area contributed by atoms with Crippen LogP contribution in [0.3, 0.4) is 0 Å². The number of fused-ring (bicyclic) bond motifs is 1. The predicted octanol–water partition coefficient (Wildman–Crippen LogP) is 4.17. The molecular weight excluding hydrogens is 358 g/mol. The molecule has 0 aromatic heterocycles. The van der Waals surface area contributed by atoms with Gasteiger partial charge >= 0.3 is 12.1 Å². The first kappa shape index (κ1) is 19.7. The van der Waals surface area contributed by atoms with Crippen LogP contribution in [0.15, 0.2) is 48.5 Å². The molecule has 0 N–H and O–H groups in total. The van der Waals surface area contributed by atoms with Crippen LogP contribution in [0, 0.1) is 0 Å². The second-order valence-electron chi connectivity index (χ2n) is 7.59. The van der Waals surface area contributed by atoms with Crippen LogP contribution < -0.4 is 4.74 Å². The van der Waals surface area contributed by atoms with Crippen molar-refractivity contribution < 1.29 is 23.8 Å². The van der Waals surface area contributed by atoms with Gasteiger partial charge in [0.2, 0.25) is 0 Å². The van der Waals surface area contributed by atoms with Crippen LogP contribution >= 0.6 is 0 Å². The number of amides is 1. The lowest BCUT2D eigenvalue weighted by Crippen LogP contribution is -2.37. The van der Waals surface area contributed by atoms with Gasteiger partial charge in [0.15, 0.2) is 0 Å². The Labute approximate surface area is 165 Å². The average molecular weight is 383 g/mol. The van der Waals surface area contributed by atoms with Crippen molar-refractivity contribution in [2.75, 3.05) is 13.2 Å². The second-order valence-corrected chi connectivity index (χ2v) is 7.59. The van der Waals surface area contributed by atoms with Gasteiger partial charge < -0.3 is 19.1 Å². The van der Waals surface area contributed by atoms with Crippen molar-refractivity contribution in [3.8, 4) is 5.75 Å². The topological polar surface area (TPSA) is 65.1 Å². The number of carbonyl (C=O) groups is 2. The summed E-state index contributed by atoms with van der Waals surface area (Å²) in [5.74, 6) is 0.135. The quantitative estimate of drug-likeness (QED) is 0.744. The van der Waals surface area contributed by atoms with Gasteiger partial charge in [0.05, 0.1) is 18.7 Å². The Morgan fingerprint density at radius 2 is 1.82 bits per heavy atom. The number of ether oxygens (including phenoxy) is 3. The molecule has 1 aliphatic rings. The summed E-state index contributed by atoms with van der Waals surface area (Å²) in [5.41, 5.74) is 1.33. The van der Waals surface area contributed by atoms with Gasteiger partial charge in [-0.1, -0.05) is 36.4 Å². The van der Waals surface area contributed by atoms with E-state index in [1.807, 2.05) is 51.1 Å². The zero-order valence-electron chi connectivity index (χ0n) is 16.4. The van der Waals surface area contributed by atoms with E-state index in [9.17, 15) is 9.59 Å². The van der Waals surface area contributed by atoms with E-state index in [1.54, 1.807) is 23.1 Å². The molecule has 0 radical (unpaired) electrons. The molecule has 6 nitrogen and oxygen atoms in total. The molecule has 0 aliphatic carbocycles. The number of carbonyl (C=O) groups excluding carboxylic acids is 2. The fourth-order valence-corrected chi connectivity index (χ4v) is 2.87. The van der Waals surface area contributed by atoms with E-state index < -0.39 is 17.7 Å². The van der Waals surface area contributed by atoms with Crippen LogP contribution in [-0.2, 0) is 22.6 Å². The third kappa shape index (κ3) is 5.03. The molecule has 0 fully saturated rings. The molecule has 1 amide bonds. The molecule has 0 bridgehead atoms. The Balaban J connectivity index is 1.78. The van der Waals surface area contributed by atoms with Crippen LogP contribution in [0.4, 0.5) is 4.79 Å². The van der Waals surface area contributed by atoms with Gasteiger partial charge in [0.1, 0.15) is 24.6 Å². The number of benzene rings is 2. The minimum absolute atomic E-state index is 0.181. The fraction of sp³-hybridized carbons (Fsp3) is 0.364. The molecular formula is C22H25NO5. The fourth-order valence-electron chi connectivity index (χ4n) is 2.87. The highest BCUT2D eigenvalue weighted by atomic mass is 16.6. The lowest BCUT2D eigenvalue weighted by atomic mass is 10.1. The van der Waals surface area contributed by atoms with Gasteiger partial charge in [-0.15, -0.1) is 0 Å². The lowest BCUT2D eigenvalue weighted by Gasteiger charge is -2.26. The van der Waals surface area contributed by atoms with E-state index in [1.165, 1.54) is 0 Å². The molecule has 0 atom stereocenters. The van der Waals surface area contributed by atoms with Crippen molar-refractivity contribution in [3.63, 3.8) is 0 Å². The number of hydrogen-bond donors (Lipinski definition) is 0. The smallest absolute Gasteiger partial charge is 0.410 e. The van der Waals surface area contributed by atoms with Crippen molar-refractivity contribution in [1.82, 2.24) is 4.90 Å². The standard InChI is InChI=1S/C22H25NO5/c1-22(2,3)28-21(25)23-12-13-26-19-11-7-10-17(18(19)14-23)20(24)27-15-16-8-5-4-6-9-16/h4-11H,12-15H2,1-3H3. The van der Waals surface area contributed by atoms with Gasteiger partial charge in [-0.2, -0.15) is 0 Å². The minimum atomic E-state index is -0.596. The number of hydrogen-bond acceptors (Lipinski definition) is 5. The Morgan fingerprint density at radius 3 is 2.54 bits per heavy atom. The third-order valence-corrected chi connectivity index (χ3v) is 4.19. The summed E-state index contributed by atoms with van der Waals surface area (Å²) in [5, 5.41) is 0. The summed E-state index contributed by atoms with van der Waals surface area (Å²) >= 11 is 0. The second kappa shape index (κ2) is 8.33. The number of esters is 1. The summed E-state index contributed by atoms with van der Waals surface area (Å²) in [7, 11) is 0. The highest BCUT2D eigenvalue weighted by Crippen LogP contribution is 2.28. The largest absolute Gasteiger partial charge is 0.491 e. The summed E-state index contributed by atoms with van der Waals surface area (Å²) in [6.45, 7) is 6.57. The molecule has 0 unspecified atom stereocenters. The molecule has 0 saturated carbocycles. The number of nitrogens with zero attached hydrogens (tertiary/aromatic N) is 1. The summed E-state index contributed by atoms with van der Waals surface area (Å²) < 4.78 is 16.7. The van der Waals surface area contributed by atoms with Crippen LogP contribution in [0.1, 0.15) is 42.3 Å². The molecule has 1 heterocycles. The zero-order chi connectivity index (χ0) is 20.1. The molecule has 2 aromatic rings. The lowest BCUT2D eigenvalue weighted by molar-refractivity contribution is 0.0222. The van der Waals surface area contributed by atoms with E-state index in [0.717, 1.165) is 5.56 Å². The Morgan fingerprint density at radius 1 is 1.07 bits per heavy atom. The van der Waals surface area contributed by atoms with Crippen LogP contribution in [-0.4, -0.2) is 35.7 Å². The van der Waals surface area contributed by atoms with Gasteiger partial charge in [-0.05, 0) is 38.5 Å². The first-order valence-electron chi connectivity index (χ1n) is 9.27. The van der Waals surface area contributed by atoms with Crippen molar-refractivity contribution in [2.24, 2.45) is 0 Å². The third-order valence-electron chi connectivity index (χ3n) is 4.19. The van der Waals surface area contributed by atoms with Crippen molar-refractivity contribution >= 4 is 12.1 Å². The van der Waals surface area contributed by atoms with Gasteiger partial charge in [-0.3, -0.25) is 0 Å². The van der Waals surface area contributed by atoms with E-state index in [-0.39, 0.29) is 13.2 Å². The molecule has 2 aromatic carbocycles. The van der Waals surface area contributed by atoms with E-state index in [0.29, 0.717) is 30.0 Å². The van der Waals surface area contributed by atoms with E-state index in [2.05, 4.69) is 0 Å². The zero-order valence-corrected chi connectivity index (χ0v) is 16.4. The summed E-state index contributed by atoms with van der Waals surface area (Å²) in [4.78, 5) is 26.7. The molecule has 0 saturated heterocycles. The van der Waals surface area contributed by atoms with Crippen molar-refractivity contribution in [2.45, 2.75) is 39.5 Å². The van der Waals surface area contributed by atoms with E-state index in [4.69, 9.17) is 14.2 Å². The molecule has 3 rings (SSSR count). The Hall–Kier alpha value is -3.02. The van der Waals surface area contributed by atoms with Crippen LogP contribution in [0.2, 0.25) is 0 Å². The van der Waals surface area contributed by atoms with E-state index >= 15 is 0 Å². The molecule has 148 valence electrons. The van der Waals surface area contributed by atoms with Crippen molar-refractivity contribution in [3.05, 3.63) is 65.2 Å².